The molecule has 1 aromatic rings. The highest BCUT2D eigenvalue weighted by molar-refractivity contribution is 6.30. The molecule has 104 valence electrons. The van der Waals surface area contributed by atoms with E-state index in [1.807, 2.05) is 6.92 Å². The summed E-state index contributed by atoms with van der Waals surface area (Å²) >= 11 is 5.83. The topological polar surface area (TPSA) is 63.6 Å². The zero-order valence-electron chi connectivity index (χ0n) is 10.9. The number of carboxylic acids is 1. The van der Waals surface area contributed by atoms with Gasteiger partial charge in [0, 0.05) is 5.02 Å². The first-order chi connectivity index (χ1) is 8.93. The number of halogens is 1. The molecule has 2 atom stereocenters. The van der Waals surface area contributed by atoms with Gasteiger partial charge in [0.25, 0.3) is 0 Å². The Kier molecular flexibility index (Phi) is 5.83. The Morgan fingerprint density at radius 2 is 2.11 bits per heavy atom. The Bertz CT molecular complexity index is 459. The number of carbonyl (C=O) groups is 2. The van der Waals surface area contributed by atoms with Gasteiger partial charge in [0.1, 0.15) is 0 Å². The molecule has 0 aromatic heterocycles. The Hall–Kier alpha value is -1.55. The van der Waals surface area contributed by atoms with Gasteiger partial charge in [0.2, 0.25) is 0 Å². The average Bonchev–Trinajstić information content (AvgIpc) is 2.35. The highest BCUT2D eigenvalue weighted by atomic mass is 35.5. The second-order valence-electron chi connectivity index (χ2n) is 4.38. The van der Waals surface area contributed by atoms with Crippen molar-refractivity contribution in [3.05, 3.63) is 34.9 Å². The van der Waals surface area contributed by atoms with Crippen LogP contribution in [-0.4, -0.2) is 23.1 Å². The smallest absolute Gasteiger partial charge is 0.320 e. The van der Waals surface area contributed by atoms with E-state index in [1.54, 1.807) is 31.2 Å². The Morgan fingerprint density at radius 1 is 1.42 bits per heavy atom. The van der Waals surface area contributed by atoms with Crippen LogP contribution in [0.2, 0.25) is 5.02 Å². The SMILES string of the molecule is CCC(C)OC(=O)C(Cc1cccc(Cl)c1)C(=O)O. The fourth-order valence-electron chi connectivity index (χ4n) is 1.53. The summed E-state index contributed by atoms with van der Waals surface area (Å²) in [6, 6.07) is 6.79. The Labute approximate surface area is 117 Å². The molecule has 0 bridgehead atoms. The number of hydrogen-bond donors (Lipinski definition) is 1. The van der Waals surface area contributed by atoms with E-state index < -0.39 is 17.9 Å². The Balaban J connectivity index is 2.78. The standard InChI is InChI=1S/C14H17ClO4/c1-3-9(2)19-14(18)12(13(16)17)8-10-5-4-6-11(15)7-10/h4-7,9,12H,3,8H2,1-2H3,(H,16,17). The normalized spacial score (nSPS) is 13.6. The van der Waals surface area contributed by atoms with E-state index in [2.05, 4.69) is 0 Å². The molecular weight excluding hydrogens is 268 g/mol. The lowest BCUT2D eigenvalue weighted by Crippen LogP contribution is -2.30. The zero-order valence-corrected chi connectivity index (χ0v) is 11.7. The van der Waals surface area contributed by atoms with Gasteiger partial charge in [-0.2, -0.15) is 0 Å². The van der Waals surface area contributed by atoms with Gasteiger partial charge in [-0.15, -0.1) is 0 Å². The fraction of sp³-hybridized carbons (Fsp3) is 0.429. The molecule has 0 spiro atoms. The minimum atomic E-state index is -1.20. The summed E-state index contributed by atoms with van der Waals surface area (Å²) in [5.41, 5.74) is 0.695. The van der Waals surface area contributed by atoms with Gasteiger partial charge >= 0.3 is 11.9 Å². The molecule has 0 amide bonds. The molecule has 1 aromatic carbocycles. The van der Waals surface area contributed by atoms with E-state index in [0.29, 0.717) is 17.0 Å². The predicted octanol–water partition coefficient (Wildman–Crippen LogP) is 2.93. The number of carboxylic acid groups (broad SMARTS) is 1. The fourth-order valence-corrected chi connectivity index (χ4v) is 1.75. The largest absolute Gasteiger partial charge is 0.481 e. The number of hydrogen-bond acceptors (Lipinski definition) is 3. The third kappa shape index (κ3) is 4.91. The molecule has 4 nitrogen and oxygen atoms in total. The van der Waals surface area contributed by atoms with Crippen LogP contribution in [0.15, 0.2) is 24.3 Å². The van der Waals surface area contributed by atoms with Crippen molar-refractivity contribution >= 4 is 23.5 Å². The van der Waals surface area contributed by atoms with Crippen molar-refractivity contribution in [2.75, 3.05) is 0 Å². The number of ether oxygens (including phenoxy) is 1. The van der Waals surface area contributed by atoms with Crippen LogP contribution in [0.4, 0.5) is 0 Å². The van der Waals surface area contributed by atoms with Crippen LogP contribution in [0.3, 0.4) is 0 Å². The molecule has 0 aliphatic rings. The number of benzene rings is 1. The van der Waals surface area contributed by atoms with Gasteiger partial charge in [-0.25, -0.2) is 0 Å². The lowest BCUT2D eigenvalue weighted by Gasteiger charge is -2.16. The molecule has 2 unspecified atom stereocenters. The van der Waals surface area contributed by atoms with Crippen molar-refractivity contribution in [3.63, 3.8) is 0 Å². The van der Waals surface area contributed by atoms with Crippen molar-refractivity contribution in [3.8, 4) is 0 Å². The van der Waals surface area contributed by atoms with Crippen molar-refractivity contribution in [1.82, 2.24) is 0 Å². The molecule has 0 radical (unpaired) electrons. The summed E-state index contributed by atoms with van der Waals surface area (Å²) < 4.78 is 5.07. The molecule has 0 saturated carbocycles. The maximum atomic E-state index is 11.8. The van der Waals surface area contributed by atoms with Crippen LogP contribution in [0.25, 0.3) is 0 Å². The molecular formula is C14H17ClO4. The van der Waals surface area contributed by atoms with Gasteiger partial charge in [-0.1, -0.05) is 30.7 Å². The maximum Gasteiger partial charge on any atom is 0.320 e. The van der Waals surface area contributed by atoms with E-state index in [9.17, 15) is 9.59 Å². The minimum Gasteiger partial charge on any atom is -0.481 e. The Morgan fingerprint density at radius 3 is 2.63 bits per heavy atom. The third-order valence-electron chi connectivity index (χ3n) is 2.80. The second-order valence-corrected chi connectivity index (χ2v) is 4.82. The van der Waals surface area contributed by atoms with Crippen LogP contribution in [0.5, 0.6) is 0 Å². The molecule has 0 aliphatic heterocycles. The molecule has 1 N–H and O–H groups in total. The van der Waals surface area contributed by atoms with Crippen LogP contribution in [0.1, 0.15) is 25.8 Å². The van der Waals surface area contributed by atoms with Gasteiger partial charge in [0.05, 0.1) is 6.10 Å². The minimum absolute atomic E-state index is 0.0746. The molecule has 0 heterocycles. The van der Waals surface area contributed by atoms with E-state index in [4.69, 9.17) is 21.4 Å². The van der Waals surface area contributed by atoms with Gasteiger partial charge in [0.15, 0.2) is 5.92 Å². The van der Waals surface area contributed by atoms with E-state index in [0.717, 1.165) is 0 Å². The van der Waals surface area contributed by atoms with Gasteiger partial charge < -0.3 is 9.84 Å². The summed E-state index contributed by atoms with van der Waals surface area (Å²) in [5.74, 6) is -3.09. The van der Waals surface area contributed by atoms with Crippen LogP contribution in [0, 0.1) is 5.92 Å². The zero-order chi connectivity index (χ0) is 14.4. The lowest BCUT2D eigenvalue weighted by molar-refractivity contribution is -0.161. The number of esters is 1. The highest BCUT2D eigenvalue weighted by Gasteiger charge is 2.29. The first-order valence-electron chi connectivity index (χ1n) is 6.11. The van der Waals surface area contributed by atoms with Crippen LogP contribution in [-0.2, 0) is 20.7 Å². The van der Waals surface area contributed by atoms with E-state index in [1.165, 1.54) is 0 Å². The summed E-state index contributed by atoms with van der Waals surface area (Å²) in [6.45, 7) is 3.60. The van der Waals surface area contributed by atoms with Gasteiger partial charge in [-0.05, 0) is 37.5 Å². The number of aliphatic carboxylic acids is 1. The average molecular weight is 285 g/mol. The molecule has 5 heteroatoms. The van der Waals surface area contributed by atoms with Crippen molar-refractivity contribution < 1.29 is 19.4 Å². The van der Waals surface area contributed by atoms with E-state index in [-0.39, 0.29) is 12.5 Å². The second kappa shape index (κ2) is 7.14. The molecule has 1 rings (SSSR count). The van der Waals surface area contributed by atoms with E-state index >= 15 is 0 Å². The molecule has 0 fully saturated rings. The maximum absolute atomic E-state index is 11.8. The molecule has 0 aliphatic carbocycles. The number of rotatable bonds is 6. The highest BCUT2D eigenvalue weighted by Crippen LogP contribution is 2.16. The third-order valence-corrected chi connectivity index (χ3v) is 3.04. The quantitative estimate of drug-likeness (QED) is 0.644. The summed E-state index contributed by atoms with van der Waals surface area (Å²) in [7, 11) is 0. The monoisotopic (exact) mass is 284 g/mol. The first-order valence-corrected chi connectivity index (χ1v) is 6.49. The lowest BCUT2D eigenvalue weighted by atomic mass is 9.99. The van der Waals surface area contributed by atoms with Crippen molar-refractivity contribution in [2.45, 2.75) is 32.8 Å². The van der Waals surface area contributed by atoms with Crippen LogP contribution < -0.4 is 0 Å². The summed E-state index contributed by atoms with van der Waals surface area (Å²) in [4.78, 5) is 23.0. The molecule has 0 saturated heterocycles. The van der Waals surface area contributed by atoms with Gasteiger partial charge in [-0.3, -0.25) is 9.59 Å². The first kappa shape index (κ1) is 15.5. The summed E-state index contributed by atoms with van der Waals surface area (Å²) in [6.07, 6.45) is 0.439. The number of carbonyl (C=O) groups excluding carboxylic acids is 1. The van der Waals surface area contributed by atoms with Crippen molar-refractivity contribution in [1.29, 1.82) is 0 Å². The van der Waals surface area contributed by atoms with Crippen molar-refractivity contribution in [2.24, 2.45) is 5.92 Å². The molecule has 19 heavy (non-hydrogen) atoms. The predicted molar refractivity (Wildman–Crippen MR) is 72.1 cm³/mol. The summed E-state index contributed by atoms with van der Waals surface area (Å²) in [5, 5.41) is 9.64. The van der Waals surface area contributed by atoms with Crippen LogP contribution >= 0.6 is 11.6 Å².